The fourth-order valence-electron chi connectivity index (χ4n) is 2.18. The molecule has 5 nitrogen and oxygen atoms in total. The molecule has 18 heavy (non-hydrogen) atoms. The monoisotopic (exact) mass is 256 g/mol. The molecule has 2 rings (SSSR count). The van der Waals surface area contributed by atoms with Crippen LogP contribution >= 0.6 is 0 Å². The molecule has 1 heterocycles. The molecule has 0 unspecified atom stereocenters. The lowest BCUT2D eigenvalue weighted by Gasteiger charge is -2.43. The van der Waals surface area contributed by atoms with E-state index in [1.54, 1.807) is 4.90 Å². The Kier molecular flexibility index (Phi) is 3.56. The second kappa shape index (κ2) is 4.70. The van der Waals surface area contributed by atoms with Crippen molar-refractivity contribution >= 4 is 6.09 Å². The molecule has 104 valence electrons. The molecular formula is C13H24N2O3. The second-order valence-electron chi connectivity index (χ2n) is 6.54. The Hall–Kier alpha value is -0.810. The van der Waals surface area contributed by atoms with Crippen molar-refractivity contribution in [3.05, 3.63) is 0 Å². The molecule has 1 aliphatic heterocycles. The smallest absolute Gasteiger partial charge is 0.410 e. The Balaban J connectivity index is 1.63. The van der Waals surface area contributed by atoms with E-state index >= 15 is 0 Å². The average Bonchev–Trinajstić information content (AvgIpc) is 2.09. The Bertz CT molecular complexity index is 315. The van der Waals surface area contributed by atoms with E-state index in [-0.39, 0.29) is 6.09 Å². The van der Waals surface area contributed by atoms with Crippen LogP contribution in [0.2, 0.25) is 0 Å². The first-order valence-corrected chi connectivity index (χ1v) is 6.71. The second-order valence-corrected chi connectivity index (χ2v) is 6.54. The maximum absolute atomic E-state index is 11.7. The summed E-state index contributed by atoms with van der Waals surface area (Å²) < 4.78 is 5.28. The van der Waals surface area contributed by atoms with Crippen molar-refractivity contribution in [1.82, 2.24) is 10.2 Å². The number of ether oxygens (including phenoxy) is 1. The molecule has 0 aromatic heterocycles. The lowest BCUT2D eigenvalue weighted by atomic mass is 9.80. The first-order chi connectivity index (χ1) is 8.27. The fourth-order valence-corrected chi connectivity index (χ4v) is 2.18. The third-order valence-corrected chi connectivity index (χ3v) is 3.54. The van der Waals surface area contributed by atoms with Crippen molar-refractivity contribution in [3.8, 4) is 0 Å². The summed E-state index contributed by atoms with van der Waals surface area (Å²) in [6.45, 7) is 7.58. The molecule has 0 bridgehead atoms. The van der Waals surface area contributed by atoms with Crippen molar-refractivity contribution in [3.63, 3.8) is 0 Å². The molecular weight excluding hydrogens is 232 g/mol. The van der Waals surface area contributed by atoms with E-state index < -0.39 is 11.2 Å². The van der Waals surface area contributed by atoms with Gasteiger partial charge in [-0.1, -0.05) is 0 Å². The van der Waals surface area contributed by atoms with E-state index in [1.165, 1.54) is 0 Å². The van der Waals surface area contributed by atoms with Crippen LogP contribution in [-0.2, 0) is 4.74 Å². The molecule has 1 aliphatic carbocycles. The third-order valence-electron chi connectivity index (χ3n) is 3.54. The number of hydrogen-bond donors (Lipinski definition) is 2. The van der Waals surface area contributed by atoms with Gasteiger partial charge in [-0.2, -0.15) is 0 Å². The lowest BCUT2D eigenvalue weighted by molar-refractivity contribution is -0.0398. The van der Waals surface area contributed by atoms with Gasteiger partial charge in [0.05, 0.1) is 5.60 Å². The first-order valence-electron chi connectivity index (χ1n) is 6.71. The summed E-state index contributed by atoms with van der Waals surface area (Å²) in [5, 5.41) is 13.2. The quantitative estimate of drug-likeness (QED) is 0.794. The minimum Gasteiger partial charge on any atom is -0.444 e. The zero-order chi connectivity index (χ0) is 13.4. The Morgan fingerprint density at radius 3 is 2.50 bits per heavy atom. The lowest BCUT2D eigenvalue weighted by Crippen LogP contribution is -2.63. The SMILES string of the molecule is CC(C)(C)OC(=O)N1CC(NCC2(O)CCC2)C1. The minimum absolute atomic E-state index is 0.247. The zero-order valence-electron chi connectivity index (χ0n) is 11.5. The average molecular weight is 256 g/mol. The highest BCUT2D eigenvalue weighted by atomic mass is 16.6. The molecule has 2 aliphatic rings. The Morgan fingerprint density at radius 1 is 1.44 bits per heavy atom. The summed E-state index contributed by atoms with van der Waals surface area (Å²) in [5.74, 6) is 0. The summed E-state index contributed by atoms with van der Waals surface area (Å²) in [6.07, 6.45) is 2.65. The standard InChI is InChI=1S/C13H24N2O3/c1-12(2,3)18-11(16)15-7-10(8-15)14-9-13(17)5-4-6-13/h10,14,17H,4-9H2,1-3H3. The molecule has 0 atom stereocenters. The Labute approximate surface area is 108 Å². The molecule has 0 aromatic carbocycles. The van der Waals surface area contributed by atoms with Gasteiger partial charge in [-0.3, -0.25) is 0 Å². The number of nitrogens with one attached hydrogen (secondary N) is 1. The van der Waals surface area contributed by atoms with E-state index in [9.17, 15) is 9.90 Å². The van der Waals surface area contributed by atoms with Crippen LogP contribution in [0.3, 0.4) is 0 Å². The maximum Gasteiger partial charge on any atom is 0.410 e. The summed E-state index contributed by atoms with van der Waals surface area (Å²) in [5.41, 5.74) is -0.928. The normalized spacial score (nSPS) is 23.2. The van der Waals surface area contributed by atoms with E-state index in [0.29, 0.717) is 25.7 Å². The fraction of sp³-hybridized carbons (Fsp3) is 0.923. The van der Waals surface area contributed by atoms with Gasteiger partial charge in [-0.15, -0.1) is 0 Å². The van der Waals surface area contributed by atoms with Crippen molar-refractivity contribution in [2.24, 2.45) is 0 Å². The third kappa shape index (κ3) is 3.36. The number of carbonyl (C=O) groups is 1. The van der Waals surface area contributed by atoms with Crippen LogP contribution < -0.4 is 5.32 Å². The van der Waals surface area contributed by atoms with Crippen LogP contribution in [0.1, 0.15) is 40.0 Å². The molecule has 1 amide bonds. The van der Waals surface area contributed by atoms with Crippen LogP contribution in [-0.4, -0.2) is 53.0 Å². The molecule has 1 saturated heterocycles. The highest BCUT2D eigenvalue weighted by Crippen LogP contribution is 2.31. The van der Waals surface area contributed by atoms with Gasteiger partial charge in [0.2, 0.25) is 0 Å². The van der Waals surface area contributed by atoms with E-state index in [0.717, 1.165) is 19.3 Å². The number of likely N-dealkylation sites (tertiary alicyclic amines) is 1. The van der Waals surface area contributed by atoms with Gasteiger partial charge in [0.25, 0.3) is 0 Å². The van der Waals surface area contributed by atoms with Crippen LogP contribution in [0.25, 0.3) is 0 Å². The number of rotatable bonds is 3. The molecule has 2 fully saturated rings. The van der Waals surface area contributed by atoms with Crippen molar-refractivity contribution in [1.29, 1.82) is 0 Å². The van der Waals surface area contributed by atoms with Crippen LogP contribution in [0.15, 0.2) is 0 Å². The molecule has 2 N–H and O–H groups in total. The van der Waals surface area contributed by atoms with Gasteiger partial charge in [0.15, 0.2) is 0 Å². The van der Waals surface area contributed by atoms with Crippen LogP contribution in [0.5, 0.6) is 0 Å². The largest absolute Gasteiger partial charge is 0.444 e. The summed E-state index contributed by atoms with van der Waals surface area (Å²) in [7, 11) is 0. The highest BCUT2D eigenvalue weighted by Gasteiger charge is 2.38. The van der Waals surface area contributed by atoms with E-state index in [2.05, 4.69) is 5.32 Å². The molecule has 0 radical (unpaired) electrons. The summed E-state index contributed by atoms with van der Waals surface area (Å²) in [6, 6.07) is 0.294. The Morgan fingerprint density at radius 2 is 2.06 bits per heavy atom. The van der Waals surface area contributed by atoms with Crippen LogP contribution in [0, 0.1) is 0 Å². The summed E-state index contributed by atoms with van der Waals surface area (Å²) >= 11 is 0. The van der Waals surface area contributed by atoms with Crippen LogP contribution in [0.4, 0.5) is 4.79 Å². The van der Waals surface area contributed by atoms with Gasteiger partial charge in [0.1, 0.15) is 5.60 Å². The maximum atomic E-state index is 11.7. The number of aliphatic hydroxyl groups is 1. The van der Waals surface area contributed by atoms with Gasteiger partial charge in [-0.25, -0.2) is 4.79 Å². The van der Waals surface area contributed by atoms with Gasteiger partial charge >= 0.3 is 6.09 Å². The number of hydrogen-bond acceptors (Lipinski definition) is 4. The van der Waals surface area contributed by atoms with E-state index in [1.807, 2.05) is 20.8 Å². The summed E-state index contributed by atoms with van der Waals surface area (Å²) in [4.78, 5) is 13.4. The molecule has 0 spiro atoms. The number of nitrogens with zero attached hydrogens (tertiary/aromatic N) is 1. The predicted molar refractivity (Wildman–Crippen MR) is 68.4 cm³/mol. The number of amides is 1. The predicted octanol–water partition coefficient (Wildman–Crippen LogP) is 1.11. The molecule has 0 aromatic rings. The van der Waals surface area contributed by atoms with Crippen molar-refractivity contribution in [2.45, 2.75) is 57.3 Å². The van der Waals surface area contributed by atoms with Gasteiger partial charge in [0, 0.05) is 25.7 Å². The minimum atomic E-state index is -0.494. The van der Waals surface area contributed by atoms with Crippen molar-refractivity contribution < 1.29 is 14.6 Å². The number of carbonyl (C=O) groups excluding carboxylic acids is 1. The highest BCUT2D eigenvalue weighted by molar-refractivity contribution is 5.69. The van der Waals surface area contributed by atoms with Crippen molar-refractivity contribution in [2.75, 3.05) is 19.6 Å². The molecule has 5 heteroatoms. The van der Waals surface area contributed by atoms with E-state index in [4.69, 9.17) is 4.74 Å². The van der Waals surface area contributed by atoms with Gasteiger partial charge < -0.3 is 20.1 Å². The first kappa shape index (κ1) is 13.6. The van der Waals surface area contributed by atoms with Gasteiger partial charge in [-0.05, 0) is 40.0 Å². The topological polar surface area (TPSA) is 61.8 Å². The molecule has 1 saturated carbocycles. The zero-order valence-corrected chi connectivity index (χ0v) is 11.5.